The maximum atomic E-state index is 11.9. The number of carbonyl (C=O) groups is 1. The van der Waals surface area contributed by atoms with E-state index in [1.54, 1.807) is 11.8 Å². The van der Waals surface area contributed by atoms with Gasteiger partial charge in [-0.2, -0.15) is 0 Å². The lowest BCUT2D eigenvalue weighted by Gasteiger charge is -2.20. The number of nitrogens with zero attached hydrogens (tertiary/aromatic N) is 1. The van der Waals surface area contributed by atoms with E-state index in [0.29, 0.717) is 11.7 Å². The largest absolute Gasteiger partial charge is 0.312 e. The van der Waals surface area contributed by atoms with Gasteiger partial charge in [0.15, 0.2) is 0 Å². The second-order valence-electron chi connectivity index (χ2n) is 3.74. The van der Waals surface area contributed by atoms with Gasteiger partial charge in [-0.25, -0.2) is 0 Å². The van der Waals surface area contributed by atoms with Gasteiger partial charge in [-0.3, -0.25) is 4.79 Å². The first-order chi connectivity index (χ1) is 7.22. The van der Waals surface area contributed by atoms with E-state index >= 15 is 0 Å². The van der Waals surface area contributed by atoms with Crippen LogP contribution in [0.5, 0.6) is 0 Å². The van der Waals surface area contributed by atoms with Gasteiger partial charge in [0.25, 0.3) is 0 Å². The van der Waals surface area contributed by atoms with Crippen LogP contribution in [0.3, 0.4) is 0 Å². The Labute approximate surface area is 94.7 Å². The van der Waals surface area contributed by atoms with Crippen molar-refractivity contribution in [2.75, 3.05) is 11.4 Å². The molecule has 0 saturated heterocycles. The minimum atomic E-state index is 0.238. The highest BCUT2D eigenvalue weighted by Crippen LogP contribution is 2.37. The third-order valence-electron chi connectivity index (χ3n) is 2.56. The third-order valence-corrected chi connectivity index (χ3v) is 3.73. The van der Waals surface area contributed by atoms with Crippen LogP contribution in [0, 0.1) is 0 Å². The molecule has 1 aliphatic rings. The van der Waals surface area contributed by atoms with Gasteiger partial charge in [-0.15, -0.1) is 11.8 Å². The summed E-state index contributed by atoms with van der Waals surface area (Å²) in [6.07, 6.45) is 0.632. The number of para-hydroxylation sites is 1. The van der Waals surface area contributed by atoms with Gasteiger partial charge in [-0.05, 0) is 19.1 Å². The molecule has 0 radical (unpaired) electrons. The van der Waals surface area contributed by atoms with Crippen LogP contribution in [-0.2, 0) is 4.79 Å². The van der Waals surface area contributed by atoms with Crippen LogP contribution >= 0.6 is 11.8 Å². The Kier molecular flexibility index (Phi) is 3.00. The van der Waals surface area contributed by atoms with Crippen LogP contribution < -0.4 is 4.90 Å². The van der Waals surface area contributed by atoms with Crippen molar-refractivity contribution in [3.05, 3.63) is 24.3 Å². The lowest BCUT2D eigenvalue weighted by Crippen LogP contribution is -2.30. The predicted octanol–water partition coefficient (Wildman–Crippen LogP) is 2.92. The molecule has 0 bridgehead atoms. The van der Waals surface area contributed by atoms with Crippen LogP contribution in [-0.4, -0.2) is 17.7 Å². The van der Waals surface area contributed by atoms with Crippen LogP contribution in [0.4, 0.5) is 5.69 Å². The molecule has 15 heavy (non-hydrogen) atoms. The lowest BCUT2D eigenvalue weighted by molar-refractivity contribution is -0.118. The summed E-state index contributed by atoms with van der Waals surface area (Å²) in [6, 6.07) is 8.15. The Morgan fingerprint density at radius 2 is 2.20 bits per heavy atom. The Balaban J connectivity index is 2.46. The number of hydrogen-bond acceptors (Lipinski definition) is 2. The average Bonchev–Trinajstić information content (AvgIpc) is 2.32. The molecule has 0 N–H and O–H groups in total. The molecule has 0 aromatic heterocycles. The minimum absolute atomic E-state index is 0.238. The molecule has 3 heteroatoms. The van der Waals surface area contributed by atoms with Crippen LogP contribution in [0.2, 0.25) is 0 Å². The Bertz CT molecular complexity index is 378. The molecule has 0 spiro atoms. The fraction of sp³-hybridized carbons (Fsp3) is 0.417. The topological polar surface area (TPSA) is 20.3 Å². The molecular weight excluding hydrogens is 206 g/mol. The maximum absolute atomic E-state index is 11.9. The molecule has 1 atom stereocenters. The van der Waals surface area contributed by atoms with Crippen molar-refractivity contribution in [2.24, 2.45) is 0 Å². The molecule has 0 saturated carbocycles. The number of amides is 1. The normalized spacial score (nSPS) is 21.1. The summed E-state index contributed by atoms with van der Waals surface area (Å²) in [7, 11) is 0. The highest BCUT2D eigenvalue weighted by Gasteiger charge is 2.24. The Hall–Kier alpha value is -0.960. The first kappa shape index (κ1) is 10.6. The van der Waals surface area contributed by atoms with Gasteiger partial charge < -0.3 is 4.90 Å². The number of thioether (sulfide) groups is 1. The lowest BCUT2D eigenvalue weighted by atomic mass is 10.2. The summed E-state index contributed by atoms with van der Waals surface area (Å²) in [5.74, 6) is 0.238. The van der Waals surface area contributed by atoms with E-state index < -0.39 is 0 Å². The summed E-state index contributed by atoms with van der Waals surface area (Å²) in [5, 5.41) is 0.371. The van der Waals surface area contributed by atoms with E-state index in [4.69, 9.17) is 0 Å². The maximum Gasteiger partial charge on any atom is 0.228 e. The van der Waals surface area contributed by atoms with Crippen molar-refractivity contribution in [1.29, 1.82) is 0 Å². The van der Waals surface area contributed by atoms with Crippen molar-refractivity contribution in [3.8, 4) is 0 Å². The van der Waals surface area contributed by atoms with Gasteiger partial charge in [0.2, 0.25) is 5.91 Å². The molecule has 1 amide bonds. The Morgan fingerprint density at radius 1 is 1.47 bits per heavy atom. The summed E-state index contributed by atoms with van der Waals surface area (Å²) in [5.41, 5.74) is 1.07. The molecule has 1 aliphatic heterocycles. The molecule has 2 rings (SSSR count). The number of anilines is 1. The number of hydrogen-bond donors (Lipinski definition) is 0. The van der Waals surface area contributed by atoms with E-state index in [1.807, 2.05) is 30.0 Å². The van der Waals surface area contributed by atoms with Crippen LogP contribution in [0.1, 0.15) is 20.3 Å². The third kappa shape index (κ3) is 2.02. The standard InChI is InChI=1S/C12H15NOS/c1-3-13-10-6-4-5-7-11(10)15-9(2)8-12(13)14/h4-7,9H,3,8H2,1-2H3. The van der Waals surface area contributed by atoms with Gasteiger partial charge in [0, 0.05) is 23.1 Å². The second kappa shape index (κ2) is 4.27. The van der Waals surface area contributed by atoms with E-state index in [0.717, 1.165) is 12.2 Å². The minimum Gasteiger partial charge on any atom is -0.312 e. The molecular formula is C12H15NOS. The van der Waals surface area contributed by atoms with Crippen molar-refractivity contribution in [2.45, 2.75) is 30.4 Å². The smallest absolute Gasteiger partial charge is 0.228 e. The van der Waals surface area contributed by atoms with Crippen molar-refractivity contribution in [3.63, 3.8) is 0 Å². The summed E-state index contributed by atoms with van der Waals surface area (Å²) in [4.78, 5) is 15.0. The molecule has 1 aromatic carbocycles. The van der Waals surface area contributed by atoms with Gasteiger partial charge in [0.1, 0.15) is 0 Å². The number of rotatable bonds is 1. The fourth-order valence-corrected chi connectivity index (χ4v) is 2.99. The van der Waals surface area contributed by atoms with Crippen LogP contribution in [0.25, 0.3) is 0 Å². The number of carbonyl (C=O) groups excluding carboxylic acids is 1. The van der Waals surface area contributed by atoms with Crippen molar-refractivity contribution in [1.82, 2.24) is 0 Å². The molecule has 1 heterocycles. The molecule has 0 aliphatic carbocycles. The monoisotopic (exact) mass is 221 g/mol. The number of benzene rings is 1. The molecule has 1 unspecified atom stereocenters. The highest BCUT2D eigenvalue weighted by molar-refractivity contribution is 8.00. The van der Waals surface area contributed by atoms with E-state index in [1.165, 1.54) is 4.90 Å². The zero-order valence-electron chi connectivity index (χ0n) is 9.06. The van der Waals surface area contributed by atoms with Crippen molar-refractivity contribution < 1.29 is 4.79 Å². The van der Waals surface area contributed by atoms with E-state index in [2.05, 4.69) is 13.0 Å². The molecule has 1 aromatic rings. The summed E-state index contributed by atoms with van der Waals surface area (Å²) < 4.78 is 0. The first-order valence-electron chi connectivity index (χ1n) is 5.28. The highest BCUT2D eigenvalue weighted by atomic mass is 32.2. The fourth-order valence-electron chi connectivity index (χ4n) is 1.88. The molecule has 80 valence electrons. The van der Waals surface area contributed by atoms with Gasteiger partial charge >= 0.3 is 0 Å². The zero-order valence-corrected chi connectivity index (χ0v) is 9.88. The zero-order chi connectivity index (χ0) is 10.8. The molecule has 0 fully saturated rings. The molecule has 2 nitrogen and oxygen atoms in total. The van der Waals surface area contributed by atoms with Gasteiger partial charge in [-0.1, -0.05) is 19.1 Å². The van der Waals surface area contributed by atoms with E-state index in [9.17, 15) is 4.79 Å². The summed E-state index contributed by atoms with van der Waals surface area (Å²) >= 11 is 1.79. The quantitative estimate of drug-likeness (QED) is 0.726. The Morgan fingerprint density at radius 3 is 2.93 bits per heavy atom. The average molecular weight is 221 g/mol. The SMILES string of the molecule is CCN1C(=O)CC(C)Sc2ccccc21. The summed E-state index contributed by atoms with van der Waals surface area (Å²) in [6.45, 7) is 4.89. The predicted molar refractivity (Wildman–Crippen MR) is 64.4 cm³/mol. The number of fused-ring (bicyclic) bond motifs is 1. The van der Waals surface area contributed by atoms with Crippen LogP contribution in [0.15, 0.2) is 29.2 Å². The van der Waals surface area contributed by atoms with E-state index in [-0.39, 0.29) is 5.91 Å². The van der Waals surface area contributed by atoms with Gasteiger partial charge in [0.05, 0.1) is 5.69 Å². The van der Waals surface area contributed by atoms with Crippen molar-refractivity contribution >= 4 is 23.4 Å². The first-order valence-corrected chi connectivity index (χ1v) is 6.16. The second-order valence-corrected chi connectivity index (χ2v) is 5.22.